The first-order valence-corrected chi connectivity index (χ1v) is 7.67. The number of rotatable bonds is 7. The lowest BCUT2D eigenvalue weighted by atomic mass is 10.1. The average molecular weight is 357 g/mol. The molecule has 0 saturated heterocycles. The van der Waals surface area contributed by atoms with E-state index >= 15 is 0 Å². The number of hydrogen-bond donors (Lipinski definition) is 2. The lowest BCUT2D eigenvalue weighted by Gasteiger charge is -2.17. The molecule has 0 heterocycles. The van der Waals surface area contributed by atoms with Gasteiger partial charge in [0.25, 0.3) is 0 Å². The smallest absolute Gasteiger partial charge is 0.343 e. The number of para-hydroxylation sites is 1. The number of nitrogens with one attached hydrogen (secondary N) is 1. The van der Waals surface area contributed by atoms with Crippen molar-refractivity contribution in [1.82, 2.24) is 0 Å². The molecule has 0 bridgehead atoms. The van der Waals surface area contributed by atoms with Gasteiger partial charge in [-0.2, -0.15) is 8.78 Å². The third kappa shape index (κ3) is 5.08. The average Bonchev–Trinajstić information content (AvgIpc) is 2.59. The van der Waals surface area contributed by atoms with Crippen molar-refractivity contribution in [3.05, 3.63) is 65.2 Å². The number of ether oxygens (including phenoxy) is 1. The molecule has 0 radical (unpaired) electrons. The van der Waals surface area contributed by atoms with E-state index in [0.29, 0.717) is 17.4 Å². The first-order valence-electron chi connectivity index (χ1n) is 7.67. The Hall–Kier alpha value is -3.33. The highest BCUT2D eigenvalue weighted by atomic mass is 19.3. The second-order valence-electron chi connectivity index (χ2n) is 5.45. The van der Waals surface area contributed by atoms with Crippen molar-refractivity contribution in [2.24, 2.45) is 0 Å². The Bertz CT molecular complexity index is 870. The van der Waals surface area contributed by atoms with E-state index in [4.69, 9.17) is 16.3 Å². The molecule has 2 N–H and O–H groups in total. The number of terminal acetylenes is 1. The molecule has 2 rings (SSSR count). The molecular formula is C20H17F2NO3. The quantitative estimate of drug-likeness (QED) is 0.569. The fourth-order valence-corrected chi connectivity index (χ4v) is 2.26. The molecule has 4 nitrogen and oxygen atoms in total. The number of aryl methyl sites for hydroxylation is 1. The van der Waals surface area contributed by atoms with Crippen LogP contribution in [0.1, 0.15) is 21.5 Å². The van der Waals surface area contributed by atoms with Gasteiger partial charge >= 0.3 is 12.0 Å². The van der Waals surface area contributed by atoms with Crippen molar-refractivity contribution in [3.63, 3.8) is 0 Å². The predicted molar refractivity (Wildman–Crippen MR) is 96.5 cm³/mol. The van der Waals surface area contributed by atoms with Gasteiger partial charge in [-0.05, 0) is 42.3 Å². The monoisotopic (exact) mass is 357 g/mol. The van der Waals surface area contributed by atoms with Crippen LogP contribution in [0.4, 0.5) is 14.5 Å². The zero-order valence-corrected chi connectivity index (χ0v) is 14.0. The van der Waals surface area contributed by atoms with Crippen LogP contribution in [0.2, 0.25) is 0 Å². The molecule has 6 heteroatoms. The summed E-state index contributed by atoms with van der Waals surface area (Å²) >= 11 is 0. The Morgan fingerprint density at radius 3 is 2.73 bits per heavy atom. The Kier molecular flexibility index (Phi) is 5.97. The topological polar surface area (TPSA) is 58.6 Å². The van der Waals surface area contributed by atoms with Gasteiger partial charge in [-0.25, -0.2) is 4.79 Å². The minimum Gasteiger partial charge on any atom is -0.481 e. The third-order valence-corrected chi connectivity index (χ3v) is 3.45. The second-order valence-corrected chi connectivity index (χ2v) is 5.45. The van der Waals surface area contributed by atoms with Gasteiger partial charge in [-0.15, -0.1) is 6.42 Å². The number of aromatic carboxylic acids is 1. The highest BCUT2D eigenvalue weighted by Gasteiger charge is 2.26. The van der Waals surface area contributed by atoms with Crippen LogP contribution in [0.5, 0.6) is 5.75 Å². The number of carboxylic acid groups (broad SMARTS) is 1. The molecule has 0 saturated carbocycles. The maximum absolute atomic E-state index is 14.1. The summed E-state index contributed by atoms with van der Waals surface area (Å²) in [4.78, 5) is 11.1. The first kappa shape index (κ1) is 19.0. The zero-order chi connectivity index (χ0) is 19.2. The van der Waals surface area contributed by atoms with Crippen LogP contribution in [-0.4, -0.2) is 23.7 Å². The Morgan fingerprint density at radius 2 is 2.08 bits per heavy atom. The summed E-state index contributed by atoms with van der Waals surface area (Å²) in [6.07, 6.45) is 7.04. The van der Waals surface area contributed by atoms with Gasteiger partial charge in [0.2, 0.25) is 0 Å². The van der Waals surface area contributed by atoms with Crippen LogP contribution < -0.4 is 10.1 Å². The number of anilines is 1. The number of halogens is 2. The van der Waals surface area contributed by atoms with Gasteiger partial charge in [0.15, 0.2) is 0 Å². The van der Waals surface area contributed by atoms with Gasteiger partial charge < -0.3 is 15.2 Å². The number of alkyl halides is 2. The third-order valence-electron chi connectivity index (χ3n) is 3.45. The van der Waals surface area contributed by atoms with Crippen molar-refractivity contribution < 1.29 is 23.4 Å². The molecule has 0 unspecified atom stereocenters. The molecule has 134 valence electrons. The summed E-state index contributed by atoms with van der Waals surface area (Å²) in [7, 11) is 0. The van der Waals surface area contributed by atoms with E-state index in [1.54, 1.807) is 25.1 Å². The minimum absolute atomic E-state index is 0.126. The molecule has 0 amide bonds. The molecule has 2 aromatic rings. The minimum atomic E-state index is -3.43. The molecule has 0 aliphatic heterocycles. The summed E-state index contributed by atoms with van der Waals surface area (Å²) < 4.78 is 33.6. The largest absolute Gasteiger partial charge is 0.481 e. The molecule has 0 fully saturated rings. The fraction of sp³-hybridized carbons (Fsp3) is 0.150. The van der Waals surface area contributed by atoms with E-state index in [0.717, 1.165) is 5.56 Å². The predicted octanol–water partition coefficient (Wildman–Crippen LogP) is 4.42. The van der Waals surface area contributed by atoms with E-state index in [2.05, 4.69) is 5.92 Å². The maximum atomic E-state index is 14.1. The van der Waals surface area contributed by atoms with E-state index in [9.17, 15) is 13.6 Å². The van der Waals surface area contributed by atoms with Crippen molar-refractivity contribution in [1.29, 1.82) is 0 Å². The van der Waals surface area contributed by atoms with Gasteiger partial charge in [0.05, 0.1) is 11.3 Å². The summed E-state index contributed by atoms with van der Waals surface area (Å²) in [5.41, 5.74) is 0.911. The van der Waals surface area contributed by atoms with Crippen LogP contribution in [0.3, 0.4) is 0 Å². The van der Waals surface area contributed by atoms with Crippen LogP contribution in [0.15, 0.2) is 48.5 Å². The van der Waals surface area contributed by atoms with E-state index in [-0.39, 0.29) is 17.9 Å². The molecule has 2 aromatic carbocycles. The molecule has 0 aliphatic rings. The standard InChI is InChI=1S/C20H17F2NO3/c1-3-12-26-18-9-8-15(13-14(18)2)10-11-20(21,22)23-17-7-5-4-6-16(17)19(24)25/h1,4-11,13,23H,12H2,2H3,(H,24,25)/b11-10+. The Balaban J connectivity index is 2.15. The normalized spacial score (nSPS) is 11.2. The van der Waals surface area contributed by atoms with E-state index in [1.807, 2.05) is 5.32 Å². The van der Waals surface area contributed by atoms with Crippen LogP contribution in [-0.2, 0) is 0 Å². The molecule has 26 heavy (non-hydrogen) atoms. The highest BCUT2D eigenvalue weighted by Crippen LogP contribution is 2.25. The highest BCUT2D eigenvalue weighted by molar-refractivity contribution is 5.94. The number of hydrogen-bond acceptors (Lipinski definition) is 3. The van der Waals surface area contributed by atoms with Crippen LogP contribution in [0.25, 0.3) is 6.08 Å². The molecule has 0 aromatic heterocycles. The van der Waals surface area contributed by atoms with Crippen LogP contribution >= 0.6 is 0 Å². The summed E-state index contributed by atoms with van der Waals surface area (Å²) in [6, 6.07) is 7.01. The van der Waals surface area contributed by atoms with Crippen LogP contribution in [0, 0.1) is 19.3 Å². The SMILES string of the molecule is C#CCOc1ccc(/C=C/C(F)(F)Nc2ccccc2C(=O)O)cc1C. The summed E-state index contributed by atoms with van der Waals surface area (Å²) in [5, 5.41) is 11.0. The Labute approximate surface area is 150 Å². The summed E-state index contributed by atoms with van der Waals surface area (Å²) in [6.45, 7) is 1.91. The fourth-order valence-electron chi connectivity index (χ4n) is 2.26. The lowest BCUT2D eigenvalue weighted by molar-refractivity contribution is 0.0695. The van der Waals surface area contributed by atoms with Gasteiger partial charge in [-0.1, -0.05) is 30.2 Å². The number of benzene rings is 2. The molecule has 0 spiro atoms. The molecule has 0 aliphatic carbocycles. The molecular weight excluding hydrogens is 340 g/mol. The first-order chi connectivity index (χ1) is 12.3. The summed E-state index contributed by atoms with van der Waals surface area (Å²) in [5.74, 6) is 1.65. The Morgan fingerprint density at radius 1 is 1.35 bits per heavy atom. The number of carbonyl (C=O) groups is 1. The van der Waals surface area contributed by atoms with Crippen molar-refractivity contribution in [2.75, 3.05) is 11.9 Å². The zero-order valence-electron chi connectivity index (χ0n) is 14.0. The van der Waals surface area contributed by atoms with Gasteiger partial charge in [-0.3, -0.25) is 0 Å². The van der Waals surface area contributed by atoms with Gasteiger partial charge in [0, 0.05) is 6.08 Å². The second kappa shape index (κ2) is 8.17. The lowest BCUT2D eigenvalue weighted by Crippen LogP contribution is -2.25. The van der Waals surface area contributed by atoms with E-state index < -0.39 is 12.0 Å². The van der Waals surface area contributed by atoms with Gasteiger partial charge in [0.1, 0.15) is 12.4 Å². The maximum Gasteiger partial charge on any atom is 0.343 e. The van der Waals surface area contributed by atoms with E-state index in [1.165, 1.54) is 30.3 Å². The van der Waals surface area contributed by atoms with Crippen molar-refractivity contribution >= 4 is 17.7 Å². The van der Waals surface area contributed by atoms with Crippen molar-refractivity contribution in [3.8, 4) is 18.1 Å². The molecule has 0 atom stereocenters. The van der Waals surface area contributed by atoms with Crippen molar-refractivity contribution in [2.45, 2.75) is 13.0 Å². The number of carboxylic acids is 1.